The van der Waals surface area contributed by atoms with Crippen molar-refractivity contribution < 1.29 is 9.32 Å². The molecule has 0 saturated heterocycles. The van der Waals surface area contributed by atoms with E-state index in [1.165, 1.54) is 0 Å². The number of carbonyl (C=O) groups excluding carboxylic acids is 1. The van der Waals surface area contributed by atoms with E-state index in [0.29, 0.717) is 28.1 Å². The molecule has 4 rings (SSSR count). The Hall–Kier alpha value is -2.45. The number of amides is 1. The van der Waals surface area contributed by atoms with Crippen molar-refractivity contribution in [3.8, 4) is 17.3 Å². The third-order valence-corrected chi connectivity index (χ3v) is 5.74. The van der Waals surface area contributed by atoms with E-state index < -0.39 is 0 Å². The first-order valence-electron chi connectivity index (χ1n) is 8.63. The fourth-order valence-corrected chi connectivity index (χ4v) is 5.03. The van der Waals surface area contributed by atoms with Gasteiger partial charge >= 0.3 is 0 Å². The summed E-state index contributed by atoms with van der Waals surface area (Å²) in [6, 6.07) is 18.8. The molecule has 0 aliphatic rings. The van der Waals surface area contributed by atoms with E-state index in [1.807, 2.05) is 49.4 Å². The maximum absolute atomic E-state index is 12.7. The highest BCUT2D eigenvalue weighted by atomic mass is 127. The van der Waals surface area contributed by atoms with Crippen molar-refractivity contribution in [2.24, 2.45) is 0 Å². The Morgan fingerprint density at radius 2 is 1.83 bits per heavy atom. The van der Waals surface area contributed by atoms with Gasteiger partial charge in [0.2, 0.25) is 0 Å². The van der Waals surface area contributed by atoms with Gasteiger partial charge in [-0.1, -0.05) is 23.4 Å². The summed E-state index contributed by atoms with van der Waals surface area (Å²) >= 11 is 4.39. The van der Waals surface area contributed by atoms with Gasteiger partial charge < -0.3 is 9.84 Å². The topological polar surface area (TPSA) is 78.9 Å². The molecule has 0 unspecified atom stereocenters. The van der Waals surface area contributed by atoms with Crippen molar-refractivity contribution in [3.05, 3.63) is 78.4 Å². The van der Waals surface area contributed by atoms with E-state index in [0.717, 1.165) is 23.7 Å². The molecule has 0 aliphatic heterocycles. The third-order valence-electron chi connectivity index (χ3n) is 4.49. The Kier molecular flexibility index (Phi) is 5.56. The van der Waals surface area contributed by atoms with E-state index >= 15 is 0 Å². The summed E-state index contributed by atoms with van der Waals surface area (Å²) in [5.41, 5.74) is 4.56. The molecule has 0 radical (unpaired) electrons. The van der Waals surface area contributed by atoms with E-state index in [4.69, 9.17) is 4.52 Å². The molecule has 1 aromatic heterocycles. The molecular weight excluding hydrogens is 592 g/mol. The number of carbonyl (C=O) groups is 1. The lowest BCUT2D eigenvalue weighted by Gasteiger charge is -2.09. The van der Waals surface area contributed by atoms with Gasteiger partial charge in [-0.05, 0) is 88.0 Å². The van der Waals surface area contributed by atoms with Crippen LogP contribution in [-0.4, -0.2) is 11.1 Å². The number of hydrogen-bond acceptors (Lipinski definition) is 4. The summed E-state index contributed by atoms with van der Waals surface area (Å²) in [4.78, 5) is 12.7. The molecule has 1 heterocycles. The molecule has 0 bridgehead atoms. The van der Waals surface area contributed by atoms with Gasteiger partial charge in [-0.3, -0.25) is 4.79 Å². The highest BCUT2D eigenvalue weighted by Gasteiger charge is 2.17. The van der Waals surface area contributed by atoms with Crippen LogP contribution in [0.3, 0.4) is 0 Å². The van der Waals surface area contributed by atoms with Gasteiger partial charge in [0, 0.05) is 30.0 Å². The van der Waals surface area contributed by atoms with Crippen LogP contribution in [0, 0.1) is 25.4 Å². The first-order valence-corrected chi connectivity index (χ1v) is 10.8. The largest absolute Gasteiger partial charge is 0.356 e. The van der Waals surface area contributed by atoms with Gasteiger partial charge in [0.05, 0.1) is 17.0 Å². The standard InChI is InChI=1S/C22H13I2N3O2/c1-12-6-18-20(29-27-21(18)17-5-3-2-4-13(17)11-25)10-19(12)26-22(28)14-7-15(23)9-16(24)8-14/h2-10H,1H3,(H,26,28). The van der Waals surface area contributed by atoms with Crippen LogP contribution < -0.4 is 5.32 Å². The van der Waals surface area contributed by atoms with E-state index in [9.17, 15) is 10.1 Å². The van der Waals surface area contributed by atoms with Gasteiger partial charge in [-0.2, -0.15) is 5.26 Å². The number of nitrogens with one attached hydrogen (secondary N) is 1. The lowest BCUT2D eigenvalue weighted by Crippen LogP contribution is -2.13. The summed E-state index contributed by atoms with van der Waals surface area (Å²) in [6.07, 6.45) is 0. The Balaban J connectivity index is 1.72. The molecular formula is C22H13I2N3O2. The number of benzene rings is 3. The molecule has 0 spiro atoms. The average Bonchev–Trinajstić information content (AvgIpc) is 3.09. The predicted octanol–water partition coefficient (Wildman–Crippen LogP) is 6.14. The van der Waals surface area contributed by atoms with Gasteiger partial charge in [0.15, 0.2) is 5.58 Å². The van der Waals surface area contributed by atoms with Crippen molar-refractivity contribution in [1.82, 2.24) is 5.16 Å². The Morgan fingerprint density at radius 1 is 1.10 bits per heavy atom. The highest BCUT2D eigenvalue weighted by molar-refractivity contribution is 14.1. The van der Waals surface area contributed by atoms with E-state index in [1.54, 1.807) is 12.1 Å². The van der Waals surface area contributed by atoms with Crippen molar-refractivity contribution >= 4 is 67.7 Å². The molecule has 0 saturated carbocycles. The molecule has 3 aromatic carbocycles. The molecule has 5 nitrogen and oxygen atoms in total. The van der Waals surface area contributed by atoms with Gasteiger partial charge in [-0.25, -0.2) is 0 Å². The summed E-state index contributed by atoms with van der Waals surface area (Å²) in [6.45, 7) is 1.92. The van der Waals surface area contributed by atoms with Gasteiger partial charge in [-0.15, -0.1) is 0 Å². The number of anilines is 1. The number of fused-ring (bicyclic) bond motifs is 1. The average molecular weight is 605 g/mol. The van der Waals surface area contributed by atoms with Crippen LogP contribution in [0.5, 0.6) is 0 Å². The van der Waals surface area contributed by atoms with Gasteiger partial charge in [0.25, 0.3) is 5.91 Å². The monoisotopic (exact) mass is 605 g/mol. The fraction of sp³-hybridized carbons (Fsp3) is 0.0455. The van der Waals surface area contributed by atoms with E-state index in [2.05, 4.69) is 61.7 Å². The van der Waals surface area contributed by atoms with Crippen LogP contribution in [0.1, 0.15) is 21.5 Å². The van der Waals surface area contributed by atoms with Crippen LogP contribution in [-0.2, 0) is 0 Å². The lowest BCUT2D eigenvalue weighted by atomic mass is 10.0. The van der Waals surface area contributed by atoms with Crippen LogP contribution in [0.4, 0.5) is 5.69 Å². The Labute approximate surface area is 194 Å². The maximum atomic E-state index is 12.7. The molecule has 29 heavy (non-hydrogen) atoms. The van der Waals surface area contributed by atoms with Crippen molar-refractivity contribution in [3.63, 3.8) is 0 Å². The molecule has 1 N–H and O–H groups in total. The second-order valence-electron chi connectivity index (χ2n) is 6.46. The van der Waals surface area contributed by atoms with Crippen molar-refractivity contribution in [2.75, 3.05) is 5.32 Å². The molecule has 0 aliphatic carbocycles. The maximum Gasteiger partial charge on any atom is 0.255 e. The quantitative estimate of drug-likeness (QED) is 0.285. The third kappa shape index (κ3) is 4.00. The van der Waals surface area contributed by atoms with E-state index in [-0.39, 0.29) is 5.91 Å². The summed E-state index contributed by atoms with van der Waals surface area (Å²) < 4.78 is 7.52. The van der Waals surface area contributed by atoms with Crippen LogP contribution in [0.2, 0.25) is 0 Å². The Morgan fingerprint density at radius 3 is 2.55 bits per heavy atom. The number of halogens is 2. The zero-order valence-electron chi connectivity index (χ0n) is 15.2. The van der Waals surface area contributed by atoms with Crippen molar-refractivity contribution in [1.29, 1.82) is 5.26 Å². The van der Waals surface area contributed by atoms with Gasteiger partial charge in [0.1, 0.15) is 5.69 Å². The number of nitrogens with zero attached hydrogens (tertiary/aromatic N) is 2. The summed E-state index contributed by atoms with van der Waals surface area (Å²) in [5, 5.41) is 17.3. The molecule has 4 aromatic rings. The number of rotatable bonds is 3. The minimum Gasteiger partial charge on any atom is -0.356 e. The number of aromatic nitrogens is 1. The summed E-state index contributed by atoms with van der Waals surface area (Å²) in [5.74, 6) is -0.182. The number of nitriles is 1. The lowest BCUT2D eigenvalue weighted by molar-refractivity contribution is 0.102. The minimum absolute atomic E-state index is 0.182. The molecule has 0 fully saturated rings. The smallest absolute Gasteiger partial charge is 0.255 e. The Bertz CT molecular complexity index is 1290. The first kappa shape index (κ1) is 19.8. The second kappa shape index (κ2) is 8.12. The molecule has 0 atom stereocenters. The predicted molar refractivity (Wildman–Crippen MR) is 129 cm³/mol. The molecule has 7 heteroatoms. The summed E-state index contributed by atoms with van der Waals surface area (Å²) in [7, 11) is 0. The van der Waals surface area contributed by atoms with Crippen LogP contribution in [0.15, 0.2) is 59.1 Å². The first-order chi connectivity index (χ1) is 14.0. The second-order valence-corrected chi connectivity index (χ2v) is 8.96. The number of hydrogen-bond donors (Lipinski definition) is 1. The zero-order chi connectivity index (χ0) is 20.5. The van der Waals surface area contributed by atoms with Crippen LogP contribution >= 0.6 is 45.2 Å². The minimum atomic E-state index is -0.182. The fourth-order valence-electron chi connectivity index (χ4n) is 3.09. The molecule has 142 valence electrons. The number of aryl methyl sites for hydroxylation is 1. The van der Waals surface area contributed by atoms with Crippen LogP contribution in [0.25, 0.3) is 22.2 Å². The highest BCUT2D eigenvalue weighted by Crippen LogP contribution is 2.33. The normalized spacial score (nSPS) is 10.7. The molecule has 1 amide bonds. The van der Waals surface area contributed by atoms with Crippen molar-refractivity contribution in [2.45, 2.75) is 6.92 Å². The zero-order valence-corrected chi connectivity index (χ0v) is 19.5. The SMILES string of the molecule is Cc1cc2c(-c3ccccc3C#N)noc2cc1NC(=O)c1cc(I)cc(I)c1.